The van der Waals surface area contributed by atoms with Crippen molar-refractivity contribution in [2.45, 2.75) is 20.1 Å². The number of hydrogen-bond acceptors (Lipinski definition) is 5. The summed E-state index contributed by atoms with van der Waals surface area (Å²) in [6.07, 6.45) is 0. The number of benzene rings is 1. The number of amides is 1. The van der Waals surface area contributed by atoms with Gasteiger partial charge in [-0.05, 0) is 18.6 Å². The zero-order valence-corrected chi connectivity index (χ0v) is 14.4. The average Bonchev–Trinajstić information content (AvgIpc) is 2.58. The fourth-order valence-corrected chi connectivity index (χ4v) is 3.03. The fraction of sp³-hybridized carbons (Fsp3) is 0.389. The lowest BCUT2D eigenvalue weighted by Crippen LogP contribution is -2.47. The molecule has 0 spiro atoms. The largest absolute Gasteiger partial charge is 0.364 e. The molecule has 132 valence electrons. The minimum Gasteiger partial charge on any atom is -0.364 e. The Morgan fingerprint density at radius 2 is 1.84 bits per heavy atom. The van der Waals surface area contributed by atoms with Gasteiger partial charge < -0.3 is 5.73 Å². The van der Waals surface area contributed by atoms with Crippen LogP contribution in [0, 0.1) is 6.92 Å². The van der Waals surface area contributed by atoms with Crippen LogP contribution in [-0.4, -0.2) is 51.7 Å². The van der Waals surface area contributed by atoms with Crippen molar-refractivity contribution in [2.24, 2.45) is 5.73 Å². The lowest BCUT2D eigenvalue weighted by atomic mass is 10.1. The SMILES string of the molecule is Cc1cccc(CN2CCN(Cn3nc(C(N)=O)ccc3=O)CC2)c1. The van der Waals surface area contributed by atoms with Crippen molar-refractivity contribution in [1.29, 1.82) is 0 Å². The Kier molecular flexibility index (Phi) is 5.25. The molecule has 3 rings (SSSR count). The molecule has 0 radical (unpaired) electrons. The highest BCUT2D eigenvalue weighted by Gasteiger charge is 2.18. The summed E-state index contributed by atoms with van der Waals surface area (Å²) in [4.78, 5) is 27.7. The molecule has 1 aromatic heterocycles. The van der Waals surface area contributed by atoms with Gasteiger partial charge in [0.05, 0.1) is 6.67 Å². The third-order valence-corrected chi connectivity index (χ3v) is 4.41. The predicted octanol–water partition coefficient (Wildman–Crippen LogP) is 0.426. The third-order valence-electron chi connectivity index (χ3n) is 4.41. The van der Waals surface area contributed by atoms with Gasteiger partial charge in [-0.2, -0.15) is 5.10 Å². The second-order valence-corrected chi connectivity index (χ2v) is 6.45. The van der Waals surface area contributed by atoms with Crippen molar-refractivity contribution in [3.05, 3.63) is 63.6 Å². The number of nitrogens with zero attached hydrogens (tertiary/aromatic N) is 4. The third kappa shape index (κ3) is 4.52. The van der Waals surface area contributed by atoms with Gasteiger partial charge in [0, 0.05) is 38.8 Å². The summed E-state index contributed by atoms with van der Waals surface area (Å²) in [7, 11) is 0. The van der Waals surface area contributed by atoms with E-state index in [4.69, 9.17) is 5.73 Å². The zero-order chi connectivity index (χ0) is 17.8. The minimum absolute atomic E-state index is 0.109. The van der Waals surface area contributed by atoms with E-state index in [1.54, 1.807) is 0 Å². The number of nitrogens with two attached hydrogens (primary N) is 1. The molecule has 1 fully saturated rings. The molecular weight excluding hydrogens is 318 g/mol. The van der Waals surface area contributed by atoms with Gasteiger partial charge in [0.2, 0.25) is 0 Å². The monoisotopic (exact) mass is 341 g/mol. The van der Waals surface area contributed by atoms with E-state index < -0.39 is 5.91 Å². The summed E-state index contributed by atoms with van der Waals surface area (Å²) < 4.78 is 1.30. The molecule has 7 heteroatoms. The molecule has 2 N–H and O–H groups in total. The summed E-state index contributed by atoms with van der Waals surface area (Å²) in [5.41, 5.74) is 7.70. The molecule has 2 aromatic rings. The Hall–Kier alpha value is -2.51. The van der Waals surface area contributed by atoms with Crippen molar-refractivity contribution in [2.75, 3.05) is 26.2 Å². The van der Waals surface area contributed by atoms with Crippen LogP contribution in [0.3, 0.4) is 0 Å². The number of aryl methyl sites for hydroxylation is 1. The normalized spacial score (nSPS) is 16.0. The van der Waals surface area contributed by atoms with Crippen LogP contribution in [0.1, 0.15) is 21.6 Å². The highest BCUT2D eigenvalue weighted by Crippen LogP contribution is 2.10. The van der Waals surface area contributed by atoms with E-state index in [0.29, 0.717) is 6.67 Å². The van der Waals surface area contributed by atoms with E-state index >= 15 is 0 Å². The molecule has 1 amide bonds. The second kappa shape index (κ2) is 7.58. The van der Waals surface area contributed by atoms with Crippen molar-refractivity contribution < 1.29 is 4.79 Å². The van der Waals surface area contributed by atoms with E-state index in [1.807, 2.05) is 0 Å². The Morgan fingerprint density at radius 1 is 1.12 bits per heavy atom. The standard InChI is InChI=1S/C18H23N5O2/c1-14-3-2-4-15(11-14)12-21-7-9-22(10-8-21)13-23-17(24)6-5-16(20-23)18(19)25/h2-6,11H,7-10,12-13H2,1H3,(H2,19,25). The lowest BCUT2D eigenvalue weighted by molar-refractivity contribution is 0.0940. The van der Waals surface area contributed by atoms with Gasteiger partial charge in [0.25, 0.3) is 11.5 Å². The van der Waals surface area contributed by atoms with Gasteiger partial charge in [-0.15, -0.1) is 0 Å². The Morgan fingerprint density at radius 3 is 2.52 bits per heavy atom. The number of rotatable bonds is 5. The van der Waals surface area contributed by atoms with E-state index in [1.165, 1.54) is 27.9 Å². The first-order valence-corrected chi connectivity index (χ1v) is 8.39. The molecule has 0 bridgehead atoms. The quantitative estimate of drug-likeness (QED) is 0.852. The minimum atomic E-state index is -0.628. The first kappa shape index (κ1) is 17.3. The molecule has 1 aliphatic rings. The van der Waals surface area contributed by atoms with E-state index in [0.717, 1.165) is 32.7 Å². The summed E-state index contributed by atoms with van der Waals surface area (Å²) in [5.74, 6) is -0.628. The maximum atomic E-state index is 11.9. The van der Waals surface area contributed by atoms with Gasteiger partial charge in [0.15, 0.2) is 0 Å². The molecule has 1 saturated heterocycles. The van der Waals surface area contributed by atoms with Gasteiger partial charge >= 0.3 is 0 Å². The molecule has 25 heavy (non-hydrogen) atoms. The van der Waals surface area contributed by atoms with Crippen LogP contribution in [-0.2, 0) is 13.2 Å². The van der Waals surface area contributed by atoms with Gasteiger partial charge in [-0.3, -0.25) is 19.4 Å². The van der Waals surface area contributed by atoms with E-state index in [2.05, 4.69) is 46.1 Å². The summed E-state index contributed by atoms with van der Waals surface area (Å²) in [5, 5.41) is 4.04. The highest BCUT2D eigenvalue weighted by atomic mass is 16.1. The summed E-state index contributed by atoms with van der Waals surface area (Å²) >= 11 is 0. The Bertz CT molecular complexity index is 809. The zero-order valence-electron chi connectivity index (χ0n) is 14.4. The number of hydrogen-bond donors (Lipinski definition) is 1. The first-order chi connectivity index (χ1) is 12.0. The predicted molar refractivity (Wildman–Crippen MR) is 95.0 cm³/mol. The number of primary amides is 1. The van der Waals surface area contributed by atoms with Crippen molar-refractivity contribution in [1.82, 2.24) is 19.6 Å². The molecule has 7 nitrogen and oxygen atoms in total. The molecule has 0 saturated carbocycles. The Labute approximate surface area is 146 Å². The molecule has 1 aromatic carbocycles. The number of aromatic nitrogens is 2. The van der Waals surface area contributed by atoms with Crippen molar-refractivity contribution in [3.8, 4) is 0 Å². The van der Waals surface area contributed by atoms with Crippen LogP contribution in [0.15, 0.2) is 41.2 Å². The second-order valence-electron chi connectivity index (χ2n) is 6.45. The molecule has 0 atom stereocenters. The first-order valence-electron chi connectivity index (χ1n) is 8.39. The van der Waals surface area contributed by atoms with Gasteiger partial charge in [0.1, 0.15) is 5.69 Å². The molecule has 1 aliphatic heterocycles. The number of carbonyl (C=O) groups is 1. The molecular formula is C18H23N5O2. The van der Waals surface area contributed by atoms with Gasteiger partial charge in [-0.25, -0.2) is 4.68 Å². The van der Waals surface area contributed by atoms with Crippen LogP contribution in [0.4, 0.5) is 0 Å². The Balaban J connectivity index is 1.57. The molecule has 0 aliphatic carbocycles. The summed E-state index contributed by atoms with van der Waals surface area (Å²) in [6, 6.07) is 11.3. The maximum Gasteiger partial charge on any atom is 0.269 e. The topological polar surface area (TPSA) is 84.5 Å². The number of piperazine rings is 1. The average molecular weight is 341 g/mol. The van der Waals surface area contributed by atoms with Crippen molar-refractivity contribution in [3.63, 3.8) is 0 Å². The lowest BCUT2D eigenvalue weighted by Gasteiger charge is -2.34. The summed E-state index contributed by atoms with van der Waals surface area (Å²) in [6.45, 7) is 6.97. The maximum absolute atomic E-state index is 11.9. The van der Waals surface area contributed by atoms with Crippen molar-refractivity contribution >= 4 is 5.91 Å². The van der Waals surface area contributed by atoms with Crippen LogP contribution in [0.2, 0.25) is 0 Å². The van der Waals surface area contributed by atoms with E-state index in [-0.39, 0.29) is 11.3 Å². The van der Waals surface area contributed by atoms with Gasteiger partial charge in [-0.1, -0.05) is 29.8 Å². The van der Waals surface area contributed by atoms with Crippen LogP contribution >= 0.6 is 0 Å². The number of carbonyl (C=O) groups excluding carboxylic acids is 1. The van der Waals surface area contributed by atoms with Crippen LogP contribution in [0.25, 0.3) is 0 Å². The smallest absolute Gasteiger partial charge is 0.269 e. The van der Waals surface area contributed by atoms with Crippen LogP contribution < -0.4 is 11.3 Å². The van der Waals surface area contributed by atoms with Crippen LogP contribution in [0.5, 0.6) is 0 Å². The highest BCUT2D eigenvalue weighted by molar-refractivity contribution is 5.90. The van der Waals surface area contributed by atoms with E-state index in [9.17, 15) is 9.59 Å². The fourth-order valence-electron chi connectivity index (χ4n) is 3.03. The molecule has 0 unspecified atom stereocenters. The molecule has 2 heterocycles.